The molecule has 9 unspecified atom stereocenters. The van der Waals surface area contributed by atoms with Gasteiger partial charge in [0.05, 0.1) is 11.5 Å². The average Bonchev–Trinajstić information content (AvgIpc) is 3.58. The van der Waals surface area contributed by atoms with Gasteiger partial charge in [-0.05, 0) is 153 Å². The van der Waals surface area contributed by atoms with Crippen molar-refractivity contribution in [2.75, 3.05) is 0 Å². The smallest absolute Gasteiger partial charge is 0.226 e. The van der Waals surface area contributed by atoms with Crippen molar-refractivity contribution < 1.29 is 14.7 Å². The maximum Gasteiger partial charge on any atom is 0.226 e. The number of allylic oxidation sites excluding steroid dienone is 1. The molecule has 5 saturated carbocycles. The van der Waals surface area contributed by atoms with Crippen molar-refractivity contribution in [3.8, 4) is 0 Å². The Kier molecular flexibility index (Phi) is 15.6. The molecule has 0 heterocycles. The molecule has 4 N–H and O–H groups in total. The van der Waals surface area contributed by atoms with Gasteiger partial charge in [-0.25, -0.2) is 0 Å². The summed E-state index contributed by atoms with van der Waals surface area (Å²) in [4.78, 5) is 22.8. The SMILES string of the molecule is C.C=CC.CC.Cc1ccccc1Cc1cccc(CNC(=O)C23CCCC2C2CCC4C(C)(CCC5C(C)(C)C(O)CCC54C)C2CC3)c1.NC=O. The molecule has 0 spiro atoms. The number of rotatable bonds is 5. The first kappa shape index (κ1) is 44.5. The standard InChI is InChI=1S/C41H57NO2.C3H6.C2H6.CH3NO.CH4/c1-27-10-6-7-13-30(27)25-28-11-8-12-29(24-28)26-42-37(44)41-20-9-14-33(41)31-15-16-35-39(4,32(31)17-23-41)21-18-34-38(2,3)36(43)19-22-40(34,35)5;1-3-2;1-2;2-1-3;/h6-8,10-13,24,31-36,43H,9,14-23,25-26H2,1-5H3,(H,42,44);3H,1H2,2H3;1-2H3;1H,(H2,2,3);1H4. The summed E-state index contributed by atoms with van der Waals surface area (Å²) in [6, 6.07) is 17.5. The van der Waals surface area contributed by atoms with Gasteiger partial charge in [-0.3, -0.25) is 9.59 Å². The first-order valence-electron chi connectivity index (χ1n) is 20.6. The minimum atomic E-state index is -0.166. The molecule has 0 saturated heterocycles. The highest BCUT2D eigenvalue weighted by Crippen LogP contribution is 2.73. The van der Waals surface area contributed by atoms with E-state index in [1.165, 1.54) is 73.6 Å². The Labute approximate surface area is 324 Å². The largest absolute Gasteiger partial charge is 0.393 e. The van der Waals surface area contributed by atoms with E-state index >= 15 is 0 Å². The average molecular weight is 729 g/mol. The normalized spacial score (nSPS) is 34.4. The van der Waals surface area contributed by atoms with Gasteiger partial charge in [0.2, 0.25) is 12.3 Å². The molecule has 5 aliphatic carbocycles. The van der Waals surface area contributed by atoms with E-state index in [0.717, 1.165) is 37.5 Å². The molecule has 5 heteroatoms. The molecule has 7 rings (SSSR count). The fourth-order valence-electron chi connectivity index (χ4n) is 12.8. The van der Waals surface area contributed by atoms with Crippen molar-refractivity contribution in [1.82, 2.24) is 5.32 Å². The van der Waals surface area contributed by atoms with Crippen LogP contribution < -0.4 is 11.1 Å². The Morgan fingerprint density at radius 2 is 1.51 bits per heavy atom. The lowest BCUT2D eigenvalue weighted by atomic mass is 9.36. The van der Waals surface area contributed by atoms with E-state index < -0.39 is 0 Å². The molecule has 2 aromatic carbocycles. The molecular weight excluding hydrogens is 653 g/mol. The van der Waals surface area contributed by atoms with E-state index in [0.29, 0.717) is 41.0 Å². The number of benzene rings is 2. The molecule has 0 bridgehead atoms. The van der Waals surface area contributed by atoms with Crippen molar-refractivity contribution in [3.63, 3.8) is 0 Å². The predicted octanol–water partition coefficient (Wildman–Crippen LogP) is 11.0. The number of fused-ring (bicyclic) bond motifs is 7. The molecule has 296 valence electrons. The first-order valence-corrected chi connectivity index (χ1v) is 20.6. The Bertz CT molecular complexity index is 1500. The van der Waals surface area contributed by atoms with Crippen molar-refractivity contribution in [1.29, 1.82) is 0 Å². The number of aliphatic hydroxyl groups excluding tert-OH is 1. The van der Waals surface area contributed by atoms with Crippen LogP contribution in [0.25, 0.3) is 0 Å². The van der Waals surface area contributed by atoms with Crippen LogP contribution in [0.5, 0.6) is 0 Å². The lowest BCUT2D eigenvalue weighted by Gasteiger charge is -2.69. The van der Waals surface area contributed by atoms with Gasteiger partial charge < -0.3 is 16.2 Å². The molecule has 0 aliphatic heterocycles. The number of aliphatic hydroxyl groups is 1. The fraction of sp³-hybridized carbons (Fsp3) is 0.667. The second-order valence-corrected chi connectivity index (χ2v) is 17.7. The third-order valence-electron chi connectivity index (χ3n) is 15.0. The van der Waals surface area contributed by atoms with E-state index in [2.05, 4.69) is 101 Å². The first-order chi connectivity index (χ1) is 24.8. The van der Waals surface area contributed by atoms with Crippen LogP contribution in [0.1, 0.15) is 149 Å². The van der Waals surface area contributed by atoms with Crippen LogP contribution in [0.15, 0.2) is 61.2 Å². The topological polar surface area (TPSA) is 92.4 Å². The van der Waals surface area contributed by atoms with Crippen LogP contribution in [0, 0.1) is 58.2 Å². The van der Waals surface area contributed by atoms with Gasteiger partial charge in [0, 0.05) is 6.54 Å². The molecule has 9 atom stereocenters. The highest BCUT2D eigenvalue weighted by atomic mass is 16.3. The monoisotopic (exact) mass is 729 g/mol. The number of primary amides is 1. The highest BCUT2D eigenvalue weighted by Gasteiger charge is 2.67. The summed E-state index contributed by atoms with van der Waals surface area (Å²) >= 11 is 0. The lowest BCUT2D eigenvalue weighted by molar-refractivity contribution is -0.214. The molecule has 5 aliphatic rings. The summed E-state index contributed by atoms with van der Waals surface area (Å²) in [5.74, 6) is 3.68. The number of aryl methyl sites for hydroxylation is 1. The number of carbonyl (C=O) groups excluding carboxylic acids is 2. The van der Waals surface area contributed by atoms with Gasteiger partial charge in [0.15, 0.2) is 0 Å². The number of nitrogens with two attached hydrogens (primary N) is 1. The van der Waals surface area contributed by atoms with Crippen LogP contribution in [0.4, 0.5) is 0 Å². The van der Waals surface area contributed by atoms with Gasteiger partial charge in [0.1, 0.15) is 0 Å². The number of nitrogens with one attached hydrogen (secondary N) is 1. The van der Waals surface area contributed by atoms with Crippen molar-refractivity contribution in [3.05, 3.63) is 83.4 Å². The number of hydrogen-bond acceptors (Lipinski definition) is 3. The summed E-state index contributed by atoms with van der Waals surface area (Å²) in [5, 5.41) is 14.5. The number of amides is 2. The van der Waals surface area contributed by atoms with E-state index in [4.69, 9.17) is 4.79 Å². The summed E-state index contributed by atoms with van der Waals surface area (Å²) in [7, 11) is 0. The second-order valence-electron chi connectivity index (χ2n) is 17.7. The van der Waals surface area contributed by atoms with E-state index in [-0.39, 0.29) is 30.8 Å². The maximum atomic E-state index is 14.2. The third kappa shape index (κ3) is 8.51. The number of carbonyl (C=O) groups is 2. The Morgan fingerprint density at radius 1 is 0.868 bits per heavy atom. The van der Waals surface area contributed by atoms with E-state index in [1.807, 2.05) is 20.8 Å². The quantitative estimate of drug-likeness (QED) is 0.211. The Balaban J connectivity index is 0.000000778. The third-order valence-corrected chi connectivity index (χ3v) is 15.0. The van der Waals surface area contributed by atoms with Crippen molar-refractivity contribution in [2.24, 2.45) is 57.0 Å². The second kappa shape index (κ2) is 18.6. The van der Waals surface area contributed by atoms with Crippen molar-refractivity contribution in [2.45, 2.75) is 153 Å². The Hall–Kier alpha value is -2.92. The van der Waals surface area contributed by atoms with Crippen LogP contribution in [-0.2, 0) is 22.6 Å². The van der Waals surface area contributed by atoms with Crippen molar-refractivity contribution >= 4 is 12.3 Å². The molecule has 2 aromatic rings. The lowest BCUT2D eigenvalue weighted by Crippen LogP contribution is -2.63. The zero-order chi connectivity index (χ0) is 38.3. The van der Waals surface area contributed by atoms with Crippen LogP contribution in [-0.4, -0.2) is 23.5 Å². The van der Waals surface area contributed by atoms with Gasteiger partial charge in [-0.1, -0.05) is 110 Å². The zero-order valence-corrected chi connectivity index (χ0v) is 34.0. The van der Waals surface area contributed by atoms with E-state index in [9.17, 15) is 9.90 Å². The molecule has 53 heavy (non-hydrogen) atoms. The van der Waals surface area contributed by atoms with Crippen LogP contribution >= 0.6 is 0 Å². The minimum absolute atomic E-state index is 0. The van der Waals surface area contributed by atoms with Crippen LogP contribution in [0.3, 0.4) is 0 Å². The molecule has 2 amide bonds. The molecule has 5 fully saturated rings. The summed E-state index contributed by atoms with van der Waals surface area (Å²) in [5.41, 5.74) is 9.94. The van der Waals surface area contributed by atoms with Gasteiger partial charge >= 0.3 is 0 Å². The highest BCUT2D eigenvalue weighted by molar-refractivity contribution is 5.83. The van der Waals surface area contributed by atoms with E-state index in [1.54, 1.807) is 6.08 Å². The minimum Gasteiger partial charge on any atom is -0.393 e. The number of hydrogen-bond donors (Lipinski definition) is 3. The Morgan fingerprint density at radius 3 is 2.19 bits per heavy atom. The van der Waals surface area contributed by atoms with Gasteiger partial charge in [-0.15, -0.1) is 6.58 Å². The molecular formula is C48H76N2O3. The van der Waals surface area contributed by atoms with Gasteiger partial charge in [0.25, 0.3) is 0 Å². The van der Waals surface area contributed by atoms with Gasteiger partial charge in [-0.2, -0.15) is 0 Å². The maximum absolute atomic E-state index is 14.2. The molecule has 0 aromatic heterocycles. The predicted molar refractivity (Wildman–Crippen MR) is 223 cm³/mol. The molecule has 0 radical (unpaired) electrons. The summed E-state index contributed by atoms with van der Waals surface area (Å²) in [6.45, 7) is 22.0. The zero-order valence-electron chi connectivity index (χ0n) is 34.0. The fourth-order valence-corrected chi connectivity index (χ4v) is 12.8. The van der Waals surface area contributed by atoms with Crippen LogP contribution in [0.2, 0.25) is 0 Å². The summed E-state index contributed by atoms with van der Waals surface area (Å²) < 4.78 is 0. The molecule has 5 nitrogen and oxygen atoms in total. The summed E-state index contributed by atoms with van der Waals surface area (Å²) in [6.07, 6.45) is 15.9.